The lowest BCUT2D eigenvalue weighted by atomic mass is 10.2. The zero-order valence-electron chi connectivity index (χ0n) is 9.43. The van der Waals surface area contributed by atoms with E-state index in [1.165, 1.54) is 0 Å². The fraction of sp³-hybridized carbons (Fsp3) is 0.154. The molecule has 0 spiro atoms. The second kappa shape index (κ2) is 5.54. The van der Waals surface area contributed by atoms with Gasteiger partial charge in [0.05, 0.1) is 0 Å². The number of pyridine rings is 1. The zero-order chi connectivity index (χ0) is 12.3. The fourth-order valence-corrected chi connectivity index (χ4v) is 2.56. The Morgan fingerprint density at radius 3 is 2.59 bits per heavy atom. The summed E-state index contributed by atoms with van der Waals surface area (Å²) in [5.74, 6) is 0. The Morgan fingerprint density at radius 2 is 1.94 bits per heavy atom. The molecule has 17 heavy (non-hydrogen) atoms. The van der Waals surface area contributed by atoms with Crippen molar-refractivity contribution in [3.05, 3.63) is 53.2 Å². The smallest absolute Gasteiger partial charge is 0.105 e. The van der Waals surface area contributed by atoms with Gasteiger partial charge < -0.3 is 5.73 Å². The Labute approximate surface area is 110 Å². The van der Waals surface area contributed by atoms with Gasteiger partial charge in [-0.2, -0.15) is 0 Å². The lowest BCUT2D eigenvalue weighted by Crippen LogP contribution is -2.06. The molecule has 1 atom stereocenters. The van der Waals surface area contributed by atoms with Gasteiger partial charge in [0.1, 0.15) is 5.03 Å². The van der Waals surface area contributed by atoms with Gasteiger partial charge in [0.15, 0.2) is 0 Å². The van der Waals surface area contributed by atoms with E-state index >= 15 is 0 Å². The SMILES string of the molecule is CC(N)c1cccnc1Sc1ccc(Cl)cc1. The van der Waals surface area contributed by atoms with Crippen molar-refractivity contribution >= 4 is 23.4 Å². The number of nitrogens with two attached hydrogens (primary N) is 1. The minimum Gasteiger partial charge on any atom is -0.324 e. The number of nitrogens with zero attached hydrogens (tertiary/aromatic N) is 1. The lowest BCUT2D eigenvalue weighted by molar-refractivity contribution is 0.779. The molecule has 0 aliphatic rings. The predicted molar refractivity (Wildman–Crippen MR) is 72.4 cm³/mol. The molecule has 2 N–H and O–H groups in total. The standard InChI is InChI=1S/C13H13ClN2S/c1-9(15)12-3-2-8-16-13(12)17-11-6-4-10(14)5-7-11/h2-9H,15H2,1H3. The highest BCUT2D eigenvalue weighted by Gasteiger charge is 2.08. The van der Waals surface area contributed by atoms with Crippen LogP contribution in [0.5, 0.6) is 0 Å². The van der Waals surface area contributed by atoms with Crippen LogP contribution in [0.3, 0.4) is 0 Å². The van der Waals surface area contributed by atoms with E-state index in [-0.39, 0.29) is 6.04 Å². The van der Waals surface area contributed by atoms with Crippen LogP contribution in [0.1, 0.15) is 18.5 Å². The first-order valence-corrected chi connectivity index (χ1v) is 6.50. The van der Waals surface area contributed by atoms with Crippen molar-refractivity contribution in [2.24, 2.45) is 5.73 Å². The fourth-order valence-electron chi connectivity index (χ4n) is 1.45. The van der Waals surface area contributed by atoms with E-state index in [9.17, 15) is 0 Å². The summed E-state index contributed by atoms with van der Waals surface area (Å²) in [6.45, 7) is 1.96. The van der Waals surface area contributed by atoms with E-state index in [0.29, 0.717) is 0 Å². The van der Waals surface area contributed by atoms with Crippen LogP contribution in [0, 0.1) is 0 Å². The van der Waals surface area contributed by atoms with Crippen LogP contribution in [0.15, 0.2) is 52.5 Å². The molecule has 1 aromatic heterocycles. The molecule has 0 amide bonds. The molecule has 4 heteroatoms. The molecule has 2 aromatic rings. The molecular formula is C13H13ClN2S. The molecule has 0 fully saturated rings. The molecule has 0 radical (unpaired) electrons. The van der Waals surface area contributed by atoms with Gasteiger partial charge in [-0.1, -0.05) is 29.4 Å². The second-order valence-electron chi connectivity index (χ2n) is 3.74. The summed E-state index contributed by atoms with van der Waals surface area (Å²) in [6.07, 6.45) is 1.78. The molecular weight excluding hydrogens is 252 g/mol. The van der Waals surface area contributed by atoms with Gasteiger partial charge in [-0.25, -0.2) is 4.98 Å². The van der Waals surface area contributed by atoms with Gasteiger partial charge in [0, 0.05) is 27.7 Å². The molecule has 1 aromatic carbocycles. The molecule has 2 rings (SSSR count). The van der Waals surface area contributed by atoms with E-state index in [1.54, 1.807) is 18.0 Å². The molecule has 0 saturated carbocycles. The van der Waals surface area contributed by atoms with E-state index < -0.39 is 0 Å². The van der Waals surface area contributed by atoms with Gasteiger partial charge in [-0.15, -0.1) is 0 Å². The molecule has 0 bridgehead atoms. The predicted octanol–water partition coefficient (Wildman–Crippen LogP) is 3.91. The topological polar surface area (TPSA) is 38.9 Å². The highest BCUT2D eigenvalue weighted by molar-refractivity contribution is 7.99. The summed E-state index contributed by atoms with van der Waals surface area (Å²) in [6, 6.07) is 11.6. The van der Waals surface area contributed by atoms with Crippen molar-refractivity contribution in [2.45, 2.75) is 22.9 Å². The van der Waals surface area contributed by atoms with Crippen molar-refractivity contribution in [3.63, 3.8) is 0 Å². The summed E-state index contributed by atoms with van der Waals surface area (Å²) in [5.41, 5.74) is 6.98. The summed E-state index contributed by atoms with van der Waals surface area (Å²) < 4.78 is 0. The van der Waals surface area contributed by atoms with Crippen LogP contribution in [0.4, 0.5) is 0 Å². The maximum Gasteiger partial charge on any atom is 0.105 e. The quantitative estimate of drug-likeness (QED) is 0.914. The molecule has 1 heterocycles. The van der Waals surface area contributed by atoms with Crippen LogP contribution >= 0.6 is 23.4 Å². The largest absolute Gasteiger partial charge is 0.324 e. The van der Waals surface area contributed by atoms with Crippen LogP contribution < -0.4 is 5.73 Å². The number of hydrogen-bond donors (Lipinski definition) is 1. The number of rotatable bonds is 3. The highest BCUT2D eigenvalue weighted by atomic mass is 35.5. The van der Waals surface area contributed by atoms with Crippen molar-refractivity contribution < 1.29 is 0 Å². The van der Waals surface area contributed by atoms with Crippen LogP contribution in [-0.2, 0) is 0 Å². The van der Waals surface area contributed by atoms with Crippen LogP contribution in [-0.4, -0.2) is 4.98 Å². The highest BCUT2D eigenvalue weighted by Crippen LogP contribution is 2.31. The zero-order valence-corrected chi connectivity index (χ0v) is 11.0. The van der Waals surface area contributed by atoms with Gasteiger partial charge in [0.25, 0.3) is 0 Å². The number of benzene rings is 1. The molecule has 88 valence electrons. The maximum absolute atomic E-state index is 5.92. The van der Waals surface area contributed by atoms with Crippen LogP contribution in [0.25, 0.3) is 0 Å². The second-order valence-corrected chi connectivity index (χ2v) is 5.24. The molecule has 0 aliphatic heterocycles. The lowest BCUT2D eigenvalue weighted by Gasteiger charge is -2.10. The van der Waals surface area contributed by atoms with E-state index in [4.69, 9.17) is 17.3 Å². The first-order chi connectivity index (χ1) is 8.16. The van der Waals surface area contributed by atoms with E-state index in [0.717, 1.165) is 20.5 Å². The van der Waals surface area contributed by atoms with Crippen molar-refractivity contribution in [1.82, 2.24) is 4.98 Å². The summed E-state index contributed by atoms with van der Waals surface area (Å²) in [4.78, 5) is 5.47. The van der Waals surface area contributed by atoms with Gasteiger partial charge in [-0.05, 0) is 37.3 Å². The monoisotopic (exact) mass is 264 g/mol. The third kappa shape index (κ3) is 3.22. The summed E-state index contributed by atoms with van der Waals surface area (Å²) in [5, 5.41) is 1.69. The number of hydrogen-bond acceptors (Lipinski definition) is 3. The average Bonchev–Trinajstić information content (AvgIpc) is 2.32. The van der Waals surface area contributed by atoms with Gasteiger partial charge in [-0.3, -0.25) is 0 Å². The Kier molecular flexibility index (Phi) is 4.05. The maximum atomic E-state index is 5.92. The minimum absolute atomic E-state index is 0.0153. The molecule has 0 saturated heterocycles. The first kappa shape index (κ1) is 12.4. The number of aromatic nitrogens is 1. The first-order valence-electron chi connectivity index (χ1n) is 5.31. The Morgan fingerprint density at radius 1 is 1.24 bits per heavy atom. The number of halogens is 1. The van der Waals surface area contributed by atoms with Crippen molar-refractivity contribution in [1.29, 1.82) is 0 Å². The summed E-state index contributed by atoms with van der Waals surface area (Å²) in [7, 11) is 0. The Balaban J connectivity index is 2.26. The third-order valence-electron chi connectivity index (χ3n) is 2.32. The van der Waals surface area contributed by atoms with Crippen molar-refractivity contribution in [2.75, 3.05) is 0 Å². The summed E-state index contributed by atoms with van der Waals surface area (Å²) >= 11 is 7.45. The van der Waals surface area contributed by atoms with Gasteiger partial charge >= 0.3 is 0 Å². The van der Waals surface area contributed by atoms with Gasteiger partial charge in [0.2, 0.25) is 0 Å². The van der Waals surface area contributed by atoms with E-state index in [2.05, 4.69) is 4.98 Å². The molecule has 0 aliphatic carbocycles. The van der Waals surface area contributed by atoms with Crippen LogP contribution in [0.2, 0.25) is 5.02 Å². The van der Waals surface area contributed by atoms with Crippen molar-refractivity contribution in [3.8, 4) is 0 Å². The third-order valence-corrected chi connectivity index (χ3v) is 3.61. The minimum atomic E-state index is -0.0153. The average molecular weight is 265 g/mol. The Hall–Kier alpha value is -1.03. The molecule has 2 nitrogen and oxygen atoms in total. The molecule has 1 unspecified atom stereocenters. The van der Waals surface area contributed by atoms with E-state index in [1.807, 2.05) is 43.3 Å². The Bertz CT molecular complexity index is 497. The normalized spacial score (nSPS) is 12.4.